The summed E-state index contributed by atoms with van der Waals surface area (Å²) in [5.41, 5.74) is 3.62. The Morgan fingerprint density at radius 3 is 2.25 bits per heavy atom. The SMILES string of the molecule is C[C@H](CO)c1ccccc1-c1ccccc1. The normalized spacial score (nSPS) is 12.4. The molecule has 16 heavy (non-hydrogen) atoms. The van der Waals surface area contributed by atoms with Crippen LogP contribution in [0.2, 0.25) is 0 Å². The highest BCUT2D eigenvalue weighted by Crippen LogP contribution is 2.28. The summed E-state index contributed by atoms with van der Waals surface area (Å²) in [6.07, 6.45) is 0. The molecule has 0 aliphatic heterocycles. The Morgan fingerprint density at radius 2 is 1.56 bits per heavy atom. The number of hydrogen-bond acceptors (Lipinski definition) is 1. The first-order valence-electron chi connectivity index (χ1n) is 5.58. The zero-order valence-corrected chi connectivity index (χ0v) is 9.43. The molecule has 0 bridgehead atoms. The number of aliphatic hydroxyl groups is 1. The number of benzene rings is 2. The van der Waals surface area contributed by atoms with Gasteiger partial charge < -0.3 is 5.11 Å². The predicted octanol–water partition coefficient (Wildman–Crippen LogP) is 3.45. The van der Waals surface area contributed by atoms with Gasteiger partial charge in [-0.1, -0.05) is 61.5 Å². The van der Waals surface area contributed by atoms with E-state index in [1.807, 2.05) is 37.3 Å². The van der Waals surface area contributed by atoms with Gasteiger partial charge in [-0.15, -0.1) is 0 Å². The zero-order chi connectivity index (χ0) is 11.4. The Kier molecular flexibility index (Phi) is 3.37. The number of aliphatic hydroxyl groups excluding tert-OH is 1. The minimum atomic E-state index is 0.177. The molecular weight excluding hydrogens is 196 g/mol. The van der Waals surface area contributed by atoms with E-state index in [1.54, 1.807) is 0 Å². The van der Waals surface area contributed by atoms with E-state index in [-0.39, 0.29) is 12.5 Å². The fraction of sp³-hybridized carbons (Fsp3) is 0.200. The van der Waals surface area contributed by atoms with Crippen LogP contribution in [-0.4, -0.2) is 11.7 Å². The zero-order valence-electron chi connectivity index (χ0n) is 9.43. The topological polar surface area (TPSA) is 20.2 Å². The third-order valence-electron chi connectivity index (χ3n) is 2.85. The minimum Gasteiger partial charge on any atom is -0.396 e. The molecule has 1 nitrogen and oxygen atoms in total. The summed E-state index contributed by atoms with van der Waals surface area (Å²) in [4.78, 5) is 0. The molecule has 0 saturated heterocycles. The molecule has 0 amide bonds. The lowest BCUT2D eigenvalue weighted by Gasteiger charge is -2.14. The van der Waals surface area contributed by atoms with Crippen molar-refractivity contribution < 1.29 is 5.11 Å². The van der Waals surface area contributed by atoms with Gasteiger partial charge in [-0.05, 0) is 16.7 Å². The summed E-state index contributed by atoms with van der Waals surface area (Å²) in [6.45, 7) is 2.23. The molecule has 2 aromatic rings. The van der Waals surface area contributed by atoms with Gasteiger partial charge in [0.2, 0.25) is 0 Å². The summed E-state index contributed by atoms with van der Waals surface area (Å²) in [7, 11) is 0. The van der Waals surface area contributed by atoms with Crippen molar-refractivity contribution in [3.63, 3.8) is 0 Å². The average molecular weight is 212 g/mol. The highest BCUT2D eigenvalue weighted by Gasteiger charge is 2.09. The van der Waals surface area contributed by atoms with E-state index < -0.39 is 0 Å². The molecule has 82 valence electrons. The van der Waals surface area contributed by atoms with Crippen LogP contribution < -0.4 is 0 Å². The van der Waals surface area contributed by atoms with Crippen molar-refractivity contribution in [1.82, 2.24) is 0 Å². The Morgan fingerprint density at radius 1 is 0.938 bits per heavy atom. The molecule has 0 unspecified atom stereocenters. The van der Waals surface area contributed by atoms with Gasteiger partial charge in [-0.2, -0.15) is 0 Å². The van der Waals surface area contributed by atoms with E-state index in [4.69, 9.17) is 0 Å². The van der Waals surface area contributed by atoms with E-state index in [0.29, 0.717) is 0 Å². The van der Waals surface area contributed by atoms with Crippen molar-refractivity contribution in [2.45, 2.75) is 12.8 Å². The van der Waals surface area contributed by atoms with Crippen molar-refractivity contribution in [2.75, 3.05) is 6.61 Å². The molecule has 1 atom stereocenters. The van der Waals surface area contributed by atoms with E-state index in [9.17, 15) is 5.11 Å². The first-order chi connectivity index (χ1) is 7.83. The second kappa shape index (κ2) is 4.95. The van der Waals surface area contributed by atoms with Crippen LogP contribution in [0.25, 0.3) is 11.1 Å². The van der Waals surface area contributed by atoms with Gasteiger partial charge >= 0.3 is 0 Å². The number of hydrogen-bond donors (Lipinski definition) is 1. The van der Waals surface area contributed by atoms with Crippen molar-refractivity contribution in [2.24, 2.45) is 0 Å². The van der Waals surface area contributed by atoms with Crippen LogP contribution in [0, 0.1) is 0 Å². The molecule has 0 saturated carbocycles. The molecule has 0 heterocycles. The van der Waals surface area contributed by atoms with Gasteiger partial charge in [0.1, 0.15) is 0 Å². The second-order valence-electron chi connectivity index (χ2n) is 4.04. The van der Waals surface area contributed by atoms with Crippen LogP contribution in [0.15, 0.2) is 54.6 Å². The van der Waals surface area contributed by atoms with Crippen molar-refractivity contribution in [3.8, 4) is 11.1 Å². The van der Waals surface area contributed by atoms with Crippen molar-refractivity contribution in [3.05, 3.63) is 60.2 Å². The molecule has 2 aromatic carbocycles. The standard InChI is InChI=1S/C15H16O/c1-12(11-16)14-9-5-6-10-15(14)13-7-3-2-4-8-13/h2-10,12,16H,11H2,1H3/t12-/m1/s1. The lowest BCUT2D eigenvalue weighted by atomic mass is 9.92. The van der Waals surface area contributed by atoms with Gasteiger partial charge in [-0.3, -0.25) is 0 Å². The average Bonchev–Trinajstić information content (AvgIpc) is 2.39. The lowest BCUT2D eigenvalue weighted by molar-refractivity contribution is 0.273. The van der Waals surface area contributed by atoms with Gasteiger partial charge in [-0.25, -0.2) is 0 Å². The van der Waals surface area contributed by atoms with Crippen LogP contribution in [-0.2, 0) is 0 Å². The lowest BCUT2D eigenvalue weighted by Crippen LogP contribution is -2.00. The smallest absolute Gasteiger partial charge is 0.0497 e. The third kappa shape index (κ3) is 2.15. The highest BCUT2D eigenvalue weighted by atomic mass is 16.3. The van der Waals surface area contributed by atoms with Crippen LogP contribution in [0.1, 0.15) is 18.4 Å². The quantitative estimate of drug-likeness (QED) is 0.826. The fourth-order valence-electron chi connectivity index (χ4n) is 1.91. The Hall–Kier alpha value is -1.60. The van der Waals surface area contributed by atoms with Crippen LogP contribution >= 0.6 is 0 Å². The maximum absolute atomic E-state index is 9.26. The molecule has 1 heteroatoms. The van der Waals surface area contributed by atoms with Gasteiger partial charge in [0.25, 0.3) is 0 Å². The van der Waals surface area contributed by atoms with E-state index in [1.165, 1.54) is 16.7 Å². The molecule has 0 aromatic heterocycles. The Balaban J connectivity index is 2.49. The van der Waals surface area contributed by atoms with Crippen molar-refractivity contribution in [1.29, 1.82) is 0 Å². The van der Waals surface area contributed by atoms with Crippen molar-refractivity contribution >= 4 is 0 Å². The first-order valence-corrected chi connectivity index (χ1v) is 5.58. The molecule has 1 N–H and O–H groups in total. The first kappa shape index (κ1) is 10.9. The van der Waals surface area contributed by atoms with Crippen LogP contribution in [0.5, 0.6) is 0 Å². The van der Waals surface area contributed by atoms with Crippen LogP contribution in [0.4, 0.5) is 0 Å². The maximum atomic E-state index is 9.26. The Labute approximate surface area is 96.4 Å². The predicted molar refractivity (Wildman–Crippen MR) is 67.4 cm³/mol. The fourth-order valence-corrected chi connectivity index (χ4v) is 1.91. The molecule has 0 radical (unpaired) electrons. The van der Waals surface area contributed by atoms with Gasteiger partial charge in [0, 0.05) is 12.5 Å². The second-order valence-corrected chi connectivity index (χ2v) is 4.04. The largest absolute Gasteiger partial charge is 0.396 e. The van der Waals surface area contributed by atoms with E-state index in [0.717, 1.165) is 0 Å². The monoisotopic (exact) mass is 212 g/mol. The number of rotatable bonds is 3. The molecule has 0 spiro atoms. The van der Waals surface area contributed by atoms with Gasteiger partial charge in [0.05, 0.1) is 0 Å². The molecule has 0 fully saturated rings. The maximum Gasteiger partial charge on any atom is 0.0497 e. The van der Waals surface area contributed by atoms with E-state index in [2.05, 4.69) is 24.3 Å². The summed E-state index contributed by atoms with van der Waals surface area (Å²) in [5.74, 6) is 0.177. The Bertz CT molecular complexity index is 448. The molecular formula is C15H16O. The summed E-state index contributed by atoms with van der Waals surface area (Å²) < 4.78 is 0. The minimum absolute atomic E-state index is 0.177. The van der Waals surface area contributed by atoms with Gasteiger partial charge in [0.15, 0.2) is 0 Å². The van der Waals surface area contributed by atoms with E-state index >= 15 is 0 Å². The third-order valence-corrected chi connectivity index (χ3v) is 2.85. The highest BCUT2D eigenvalue weighted by molar-refractivity contribution is 5.67. The molecule has 0 aliphatic carbocycles. The molecule has 0 aliphatic rings. The summed E-state index contributed by atoms with van der Waals surface area (Å²) >= 11 is 0. The summed E-state index contributed by atoms with van der Waals surface area (Å²) in [6, 6.07) is 18.5. The molecule has 2 rings (SSSR count). The summed E-state index contributed by atoms with van der Waals surface area (Å²) in [5, 5.41) is 9.26. The van der Waals surface area contributed by atoms with Crippen LogP contribution in [0.3, 0.4) is 0 Å².